The Morgan fingerprint density at radius 3 is 2.29 bits per heavy atom. The van der Waals surface area contributed by atoms with Gasteiger partial charge in [-0.05, 0) is 18.2 Å². The zero-order valence-corrected chi connectivity index (χ0v) is 18.0. The summed E-state index contributed by atoms with van der Waals surface area (Å²) >= 11 is 0. The summed E-state index contributed by atoms with van der Waals surface area (Å²) in [6.45, 7) is 0. The lowest BCUT2D eigenvalue weighted by Crippen LogP contribution is -1.99. The molecule has 5 rings (SSSR count). The van der Waals surface area contributed by atoms with Crippen LogP contribution in [-0.2, 0) is 7.05 Å². The molecule has 0 radical (unpaired) electrons. The van der Waals surface area contributed by atoms with E-state index in [1.165, 1.54) is 13.1 Å². The Hall–Kier alpha value is -4.21. The Morgan fingerprint density at radius 2 is 1.51 bits per heavy atom. The van der Waals surface area contributed by atoms with Crippen molar-refractivity contribution in [2.45, 2.75) is 6.43 Å². The summed E-state index contributed by atoms with van der Waals surface area (Å²) < 4.78 is 85.3. The first-order valence-corrected chi connectivity index (χ1v) is 10.4. The van der Waals surface area contributed by atoms with Crippen LogP contribution >= 0.6 is 0 Å². The molecule has 10 heteroatoms. The predicted octanol–water partition coefficient (Wildman–Crippen LogP) is 7.47. The van der Waals surface area contributed by atoms with Gasteiger partial charge in [0.1, 0.15) is 17.3 Å². The molecule has 0 unspecified atom stereocenters. The topological polar surface area (TPSA) is 45.6 Å². The second-order valence-corrected chi connectivity index (χ2v) is 7.81. The highest BCUT2D eigenvalue weighted by Gasteiger charge is 2.29. The van der Waals surface area contributed by atoms with Gasteiger partial charge in [0.15, 0.2) is 11.6 Å². The maximum absolute atomic E-state index is 15.1. The van der Waals surface area contributed by atoms with Crippen LogP contribution in [0.5, 0.6) is 0 Å². The first-order valence-electron chi connectivity index (χ1n) is 10.4. The molecular formula is C25H16F6N4. The number of hydrogen-bond acceptors (Lipinski definition) is 2. The average molecular weight is 486 g/mol. The van der Waals surface area contributed by atoms with Crippen molar-refractivity contribution in [3.8, 4) is 22.3 Å². The van der Waals surface area contributed by atoms with E-state index in [4.69, 9.17) is 0 Å². The van der Waals surface area contributed by atoms with E-state index in [0.29, 0.717) is 17.0 Å². The molecule has 0 aliphatic rings. The van der Waals surface area contributed by atoms with Crippen molar-refractivity contribution < 1.29 is 26.3 Å². The number of aromatic nitrogens is 3. The largest absolute Gasteiger partial charge is 0.341 e. The Bertz CT molecular complexity index is 1570. The van der Waals surface area contributed by atoms with Crippen LogP contribution in [0.15, 0.2) is 60.7 Å². The van der Waals surface area contributed by atoms with Crippen LogP contribution in [0.25, 0.3) is 33.2 Å². The van der Waals surface area contributed by atoms with Crippen molar-refractivity contribution in [1.82, 2.24) is 14.8 Å². The van der Waals surface area contributed by atoms with Crippen LogP contribution in [0.2, 0.25) is 0 Å². The van der Waals surface area contributed by atoms with Crippen molar-refractivity contribution in [2.75, 3.05) is 5.32 Å². The van der Waals surface area contributed by atoms with E-state index < -0.39 is 35.5 Å². The lowest BCUT2D eigenvalue weighted by atomic mass is 10.0. The number of benzene rings is 3. The number of para-hydroxylation sites is 2. The molecular weight excluding hydrogens is 470 g/mol. The Morgan fingerprint density at radius 1 is 0.829 bits per heavy atom. The zero-order chi connectivity index (χ0) is 24.9. The first kappa shape index (κ1) is 22.6. The standard InChI is InChI=1S/C25H16F6N4/c1-35-24(31)21(22(34-35)23(29)30)20-13-7-3-5-9-19(13)33-25(20)32-18-8-4-2-6-12(18)14-10-16(27)17(28)11-15(14)26/h2-11,23,32-33H,1H3. The number of rotatable bonds is 5. The molecule has 2 heterocycles. The van der Waals surface area contributed by atoms with Gasteiger partial charge in [-0.2, -0.15) is 9.49 Å². The molecule has 178 valence electrons. The number of halogens is 6. The summed E-state index contributed by atoms with van der Waals surface area (Å²) in [5, 5.41) is 7.09. The summed E-state index contributed by atoms with van der Waals surface area (Å²) in [7, 11) is 1.22. The highest BCUT2D eigenvalue weighted by Crippen LogP contribution is 2.43. The van der Waals surface area contributed by atoms with Crippen LogP contribution in [-0.4, -0.2) is 14.8 Å². The van der Waals surface area contributed by atoms with Crippen molar-refractivity contribution in [3.05, 3.63) is 89.8 Å². The van der Waals surface area contributed by atoms with E-state index in [2.05, 4.69) is 15.4 Å². The van der Waals surface area contributed by atoms with E-state index in [-0.39, 0.29) is 33.8 Å². The maximum Gasteiger partial charge on any atom is 0.282 e. The molecule has 0 fully saturated rings. The molecule has 35 heavy (non-hydrogen) atoms. The Kier molecular flexibility index (Phi) is 5.50. The molecule has 0 bridgehead atoms. The third-order valence-corrected chi connectivity index (χ3v) is 5.65. The average Bonchev–Trinajstić information content (AvgIpc) is 3.33. The van der Waals surface area contributed by atoms with E-state index in [1.807, 2.05) is 0 Å². The van der Waals surface area contributed by atoms with E-state index >= 15 is 4.39 Å². The van der Waals surface area contributed by atoms with E-state index in [1.54, 1.807) is 42.5 Å². The number of alkyl halides is 2. The molecule has 4 nitrogen and oxygen atoms in total. The number of hydrogen-bond donors (Lipinski definition) is 2. The first-order chi connectivity index (χ1) is 16.8. The fourth-order valence-corrected chi connectivity index (χ4v) is 4.09. The smallest absolute Gasteiger partial charge is 0.282 e. The van der Waals surface area contributed by atoms with Crippen LogP contribution in [0.4, 0.5) is 37.8 Å². The van der Waals surface area contributed by atoms with Gasteiger partial charge in [-0.25, -0.2) is 26.6 Å². The fraction of sp³-hybridized carbons (Fsp3) is 0.0800. The Labute approximate surface area is 194 Å². The molecule has 2 N–H and O–H groups in total. The van der Waals surface area contributed by atoms with Crippen molar-refractivity contribution in [1.29, 1.82) is 0 Å². The molecule has 0 saturated heterocycles. The molecule has 0 aliphatic heterocycles. The quantitative estimate of drug-likeness (QED) is 0.200. The van der Waals surface area contributed by atoms with Gasteiger partial charge >= 0.3 is 0 Å². The van der Waals surface area contributed by atoms with Gasteiger partial charge in [0, 0.05) is 46.4 Å². The van der Waals surface area contributed by atoms with Gasteiger partial charge < -0.3 is 10.3 Å². The van der Waals surface area contributed by atoms with Gasteiger partial charge in [0.25, 0.3) is 6.43 Å². The second-order valence-electron chi connectivity index (χ2n) is 7.81. The minimum Gasteiger partial charge on any atom is -0.341 e. The van der Waals surface area contributed by atoms with Gasteiger partial charge in [0.05, 0.1) is 5.56 Å². The van der Waals surface area contributed by atoms with Gasteiger partial charge in [-0.15, -0.1) is 0 Å². The number of anilines is 2. The number of nitrogens with zero attached hydrogens (tertiary/aromatic N) is 2. The highest BCUT2D eigenvalue weighted by molar-refractivity contribution is 6.04. The molecule has 0 aliphatic carbocycles. The molecule has 0 atom stereocenters. The van der Waals surface area contributed by atoms with Gasteiger partial charge in [-0.3, -0.25) is 0 Å². The Balaban J connectivity index is 1.72. The normalized spacial score (nSPS) is 11.5. The third-order valence-electron chi connectivity index (χ3n) is 5.65. The number of nitrogens with one attached hydrogen (secondary N) is 2. The summed E-state index contributed by atoms with van der Waals surface area (Å²) in [5.74, 6) is -4.39. The fourth-order valence-electron chi connectivity index (χ4n) is 4.09. The van der Waals surface area contributed by atoms with Gasteiger partial charge in [-0.1, -0.05) is 36.4 Å². The maximum atomic E-state index is 15.1. The SMILES string of the molecule is Cn1nc(C(F)F)c(-c2c(Nc3ccccc3-c3cc(F)c(F)cc3F)[nH]c3ccccc23)c1F. The minimum absolute atomic E-state index is 0.0991. The number of H-pyrrole nitrogens is 1. The minimum atomic E-state index is -3.05. The van der Waals surface area contributed by atoms with Crippen LogP contribution in [0.1, 0.15) is 12.1 Å². The molecule has 0 spiro atoms. The monoisotopic (exact) mass is 486 g/mol. The molecule has 3 aromatic carbocycles. The highest BCUT2D eigenvalue weighted by atomic mass is 19.3. The summed E-state index contributed by atoms with van der Waals surface area (Å²) in [6, 6.07) is 14.1. The van der Waals surface area contributed by atoms with Gasteiger partial charge in [0.2, 0.25) is 5.95 Å². The molecule has 0 amide bonds. The van der Waals surface area contributed by atoms with Crippen molar-refractivity contribution in [3.63, 3.8) is 0 Å². The molecule has 2 aromatic heterocycles. The molecule has 0 saturated carbocycles. The lowest BCUT2D eigenvalue weighted by molar-refractivity contribution is 0.146. The number of fused-ring (bicyclic) bond motifs is 1. The van der Waals surface area contributed by atoms with Crippen molar-refractivity contribution in [2.24, 2.45) is 7.05 Å². The number of aromatic amines is 1. The van der Waals surface area contributed by atoms with E-state index in [9.17, 15) is 22.0 Å². The summed E-state index contributed by atoms with van der Waals surface area (Å²) in [5.41, 5.74) is -0.309. The predicted molar refractivity (Wildman–Crippen MR) is 120 cm³/mol. The van der Waals surface area contributed by atoms with Crippen LogP contribution in [0.3, 0.4) is 0 Å². The zero-order valence-electron chi connectivity index (χ0n) is 18.0. The summed E-state index contributed by atoms with van der Waals surface area (Å²) in [6.07, 6.45) is -3.05. The molecule has 5 aromatic rings. The van der Waals surface area contributed by atoms with Crippen LogP contribution in [0, 0.1) is 23.4 Å². The van der Waals surface area contributed by atoms with E-state index in [0.717, 1.165) is 10.7 Å². The van der Waals surface area contributed by atoms with Crippen molar-refractivity contribution >= 4 is 22.4 Å². The summed E-state index contributed by atoms with van der Waals surface area (Å²) in [4.78, 5) is 3.04. The lowest BCUT2D eigenvalue weighted by Gasteiger charge is -2.14. The third kappa shape index (κ3) is 3.80. The van der Waals surface area contributed by atoms with Crippen LogP contribution < -0.4 is 5.32 Å². The second kappa shape index (κ2) is 8.53. The number of aryl methyl sites for hydroxylation is 1.